The highest BCUT2D eigenvalue weighted by atomic mass is 19.1. The molecule has 0 saturated carbocycles. The van der Waals surface area contributed by atoms with E-state index in [1.165, 1.54) is 10.6 Å². The van der Waals surface area contributed by atoms with Crippen LogP contribution in [0.25, 0.3) is 33.5 Å². The van der Waals surface area contributed by atoms with E-state index in [9.17, 15) is 14.0 Å². The van der Waals surface area contributed by atoms with Gasteiger partial charge in [-0.15, -0.1) is 0 Å². The summed E-state index contributed by atoms with van der Waals surface area (Å²) in [4.78, 5) is 30.9. The van der Waals surface area contributed by atoms with Gasteiger partial charge in [-0.05, 0) is 29.8 Å². The van der Waals surface area contributed by atoms with E-state index in [0.29, 0.717) is 11.0 Å². The molecule has 0 spiro atoms. The van der Waals surface area contributed by atoms with E-state index in [1.54, 1.807) is 42.5 Å². The minimum atomic E-state index is -0.568. The predicted octanol–water partition coefficient (Wildman–Crippen LogP) is 4.36. The topological polar surface area (TPSA) is 65.1 Å². The quantitative estimate of drug-likeness (QED) is 0.424. The lowest BCUT2D eigenvalue weighted by Gasteiger charge is -2.14. The van der Waals surface area contributed by atoms with Gasteiger partial charge in [-0.1, -0.05) is 54.6 Å². The highest BCUT2D eigenvalue weighted by Crippen LogP contribution is 2.23. The van der Waals surface area contributed by atoms with Gasteiger partial charge in [-0.2, -0.15) is 4.98 Å². The van der Waals surface area contributed by atoms with Crippen LogP contribution >= 0.6 is 0 Å². The minimum absolute atomic E-state index is 0.105. The number of nitrogens with zero attached hydrogens (tertiary/aromatic N) is 2. The van der Waals surface area contributed by atoms with Crippen molar-refractivity contribution < 1.29 is 8.81 Å². The Hall–Kier alpha value is -4.06. The van der Waals surface area contributed by atoms with Gasteiger partial charge < -0.3 is 4.42 Å². The highest BCUT2D eigenvalue weighted by Gasteiger charge is 2.20. The smallest absolute Gasteiger partial charge is 0.269 e. The predicted molar refractivity (Wildman–Crippen MR) is 113 cm³/mol. The van der Waals surface area contributed by atoms with Gasteiger partial charge in [0.15, 0.2) is 5.39 Å². The largest absolute Gasteiger partial charge is 0.437 e. The molecule has 146 valence electrons. The van der Waals surface area contributed by atoms with Gasteiger partial charge in [-0.3, -0.25) is 14.2 Å². The van der Waals surface area contributed by atoms with Crippen LogP contribution in [0.15, 0.2) is 92.9 Å². The second kappa shape index (κ2) is 7.08. The first kappa shape index (κ1) is 18.0. The maximum atomic E-state index is 14.6. The van der Waals surface area contributed by atoms with Gasteiger partial charge in [0.25, 0.3) is 5.56 Å². The molecule has 0 aliphatic rings. The number of benzene rings is 3. The second-order valence-electron chi connectivity index (χ2n) is 6.90. The molecule has 5 nitrogen and oxygen atoms in total. The summed E-state index contributed by atoms with van der Waals surface area (Å²) in [7, 11) is 0. The summed E-state index contributed by atoms with van der Waals surface area (Å²) in [6.45, 7) is 0.137. The van der Waals surface area contributed by atoms with E-state index in [0.717, 1.165) is 5.56 Å². The second-order valence-corrected chi connectivity index (χ2v) is 6.90. The Morgan fingerprint density at radius 1 is 0.867 bits per heavy atom. The zero-order valence-corrected chi connectivity index (χ0v) is 15.7. The molecule has 5 rings (SSSR count). The van der Waals surface area contributed by atoms with Crippen molar-refractivity contribution in [3.05, 3.63) is 111 Å². The number of aromatic nitrogens is 2. The summed E-state index contributed by atoms with van der Waals surface area (Å²) in [5.74, 6) is -0.415. The lowest BCUT2D eigenvalue weighted by Crippen LogP contribution is -2.28. The Morgan fingerprint density at radius 3 is 2.37 bits per heavy atom. The van der Waals surface area contributed by atoms with Crippen LogP contribution in [0.2, 0.25) is 0 Å². The highest BCUT2D eigenvalue weighted by molar-refractivity contribution is 5.88. The van der Waals surface area contributed by atoms with Crippen molar-refractivity contribution in [2.75, 3.05) is 0 Å². The molecule has 0 bridgehead atoms. The van der Waals surface area contributed by atoms with Gasteiger partial charge in [-0.25, -0.2) is 4.39 Å². The third-order valence-corrected chi connectivity index (χ3v) is 5.00. The summed E-state index contributed by atoms with van der Waals surface area (Å²) in [6.07, 6.45) is 0. The standard InChI is InChI=1S/C24H15FN2O3/c25-18-12-6-4-10-16(18)22-26-23-20(21(28)17-11-5-7-13-19(17)30-23)24(29)27(22)14-15-8-2-1-3-9-15/h1-13H,14H2. The molecule has 6 heteroatoms. The Kier molecular flexibility index (Phi) is 4.25. The first-order valence-electron chi connectivity index (χ1n) is 9.39. The summed E-state index contributed by atoms with van der Waals surface area (Å²) >= 11 is 0. The number of fused-ring (bicyclic) bond motifs is 2. The molecule has 0 aliphatic carbocycles. The van der Waals surface area contributed by atoms with Crippen molar-refractivity contribution >= 4 is 22.1 Å². The number of para-hydroxylation sites is 1. The fourth-order valence-electron chi connectivity index (χ4n) is 3.55. The van der Waals surface area contributed by atoms with E-state index >= 15 is 0 Å². The fourth-order valence-corrected chi connectivity index (χ4v) is 3.55. The molecular formula is C24H15FN2O3. The van der Waals surface area contributed by atoms with E-state index in [-0.39, 0.29) is 29.0 Å². The molecule has 2 aromatic heterocycles. The Balaban J connectivity index is 1.90. The van der Waals surface area contributed by atoms with Crippen LogP contribution in [0.5, 0.6) is 0 Å². The van der Waals surface area contributed by atoms with E-state index in [1.807, 2.05) is 30.3 Å². The summed E-state index contributed by atoms with van der Waals surface area (Å²) in [6, 6.07) is 22.0. The average Bonchev–Trinajstić information content (AvgIpc) is 2.77. The summed E-state index contributed by atoms with van der Waals surface area (Å²) in [5.41, 5.74) is 0.174. The van der Waals surface area contributed by atoms with Crippen LogP contribution < -0.4 is 11.0 Å². The molecule has 2 heterocycles. The van der Waals surface area contributed by atoms with Gasteiger partial charge in [0.05, 0.1) is 17.5 Å². The molecule has 0 saturated heterocycles. The van der Waals surface area contributed by atoms with Crippen LogP contribution in [0.4, 0.5) is 4.39 Å². The third kappa shape index (κ3) is 2.90. The molecule has 0 fully saturated rings. The molecule has 0 radical (unpaired) electrons. The van der Waals surface area contributed by atoms with E-state index in [4.69, 9.17) is 4.42 Å². The monoisotopic (exact) mass is 398 g/mol. The summed E-state index contributed by atoms with van der Waals surface area (Å²) in [5, 5.41) is 0.151. The molecule has 0 unspecified atom stereocenters. The lowest BCUT2D eigenvalue weighted by molar-refractivity contribution is 0.619. The number of halogens is 1. The van der Waals surface area contributed by atoms with Crippen LogP contribution in [0.3, 0.4) is 0 Å². The number of hydrogen-bond acceptors (Lipinski definition) is 4. The van der Waals surface area contributed by atoms with Crippen molar-refractivity contribution in [1.29, 1.82) is 0 Å². The van der Waals surface area contributed by atoms with E-state index < -0.39 is 16.8 Å². The number of rotatable bonds is 3. The van der Waals surface area contributed by atoms with Gasteiger partial charge in [0.1, 0.15) is 17.2 Å². The van der Waals surface area contributed by atoms with Crippen LogP contribution in [-0.4, -0.2) is 9.55 Å². The molecule has 3 aromatic carbocycles. The molecule has 0 aliphatic heterocycles. The van der Waals surface area contributed by atoms with Crippen LogP contribution in [-0.2, 0) is 6.54 Å². The number of hydrogen-bond donors (Lipinski definition) is 0. The molecule has 5 aromatic rings. The third-order valence-electron chi connectivity index (χ3n) is 5.00. The normalized spacial score (nSPS) is 11.2. The lowest BCUT2D eigenvalue weighted by atomic mass is 10.1. The van der Waals surface area contributed by atoms with Gasteiger partial charge >= 0.3 is 0 Å². The SMILES string of the molecule is O=c1c2ccccc2oc2nc(-c3ccccc3F)n(Cc3ccccc3)c(=O)c12. The Labute approximate surface area is 169 Å². The zero-order valence-electron chi connectivity index (χ0n) is 15.7. The van der Waals surface area contributed by atoms with Crippen molar-refractivity contribution in [2.24, 2.45) is 0 Å². The van der Waals surface area contributed by atoms with Crippen molar-refractivity contribution in [3.8, 4) is 11.4 Å². The van der Waals surface area contributed by atoms with Crippen LogP contribution in [0.1, 0.15) is 5.56 Å². The van der Waals surface area contributed by atoms with E-state index in [2.05, 4.69) is 4.98 Å². The average molecular weight is 398 g/mol. The maximum absolute atomic E-state index is 14.6. The maximum Gasteiger partial charge on any atom is 0.269 e. The van der Waals surface area contributed by atoms with Crippen molar-refractivity contribution in [1.82, 2.24) is 9.55 Å². The fraction of sp³-hybridized carbons (Fsp3) is 0.0417. The van der Waals surface area contributed by atoms with Gasteiger partial charge in [0.2, 0.25) is 11.1 Å². The Morgan fingerprint density at radius 2 is 1.57 bits per heavy atom. The zero-order chi connectivity index (χ0) is 20.7. The molecule has 0 amide bonds. The molecule has 0 atom stereocenters. The molecule has 30 heavy (non-hydrogen) atoms. The summed E-state index contributed by atoms with van der Waals surface area (Å²) < 4.78 is 21.7. The minimum Gasteiger partial charge on any atom is -0.437 e. The molecule has 0 N–H and O–H groups in total. The van der Waals surface area contributed by atoms with Crippen LogP contribution in [0, 0.1) is 5.82 Å². The molecular weight excluding hydrogens is 383 g/mol. The first-order chi connectivity index (χ1) is 14.6. The van der Waals surface area contributed by atoms with Crippen molar-refractivity contribution in [3.63, 3.8) is 0 Å². The Bertz CT molecular complexity index is 1520. The van der Waals surface area contributed by atoms with Crippen molar-refractivity contribution in [2.45, 2.75) is 6.54 Å². The van der Waals surface area contributed by atoms with Gasteiger partial charge in [0, 0.05) is 0 Å². The first-order valence-corrected chi connectivity index (χ1v) is 9.39.